The van der Waals surface area contributed by atoms with Gasteiger partial charge in [-0.1, -0.05) is 23.7 Å². The molecule has 1 amide bonds. The van der Waals surface area contributed by atoms with Gasteiger partial charge in [0.25, 0.3) is 5.91 Å². The molecule has 3 heterocycles. The normalized spacial score (nSPS) is 17.2. The molecule has 25 heavy (non-hydrogen) atoms. The first-order valence-electron chi connectivity index (χ1n) is 8.20. The van der Waals surface area contributed by atoms with Crippen LogP contribution in [0.1, 0.15) is 29.0 Å². The average Bonchev–Trinajstić information content (AvgIpc) is 3.25. The van der Waals surface area contributed by atoms with Gasteiger partial charge in [-0.2, -0.15) is 5.10 Å². The number of nitrogens with two attached hydrogens (primary N) is 1. The van der Waals surface area contributed by atoms with E-state index < -0.39 is 5.91 Å². The first-order chi connectivity index (χ1) is 12.1. The van der Waals surface area contributed by atoms with Crippen LogP contribution in [-0.4, -0.2) is 28.7 Å². The lowest BCUT2D eigenvalue weighted by Gasteiger charge is -2.10. The molecule has 1 fully saturated rings. The van der Waals surface area contributed by atoms with Crippen molar-refractivity contribution in [2.24, 2.45) is 5.73 Å². The molecule has 0 spiro atoms. The summed E-state index contributed by atoms with van der Waals surface area (Å²) in [5.74, 6) is -0.549. The number of fused-ring (bicyclic) bond motifs is 1. The summed E-state index contributed by atoms with van der Waals surface area (Å²) in [6, 6.07) is 10.1. The van der Waals surface area contributed by atoms with Crippen LogP contribution in [0.4, 0.5) is 0 Å². The molecule has 1 aliphatic heterocycles. The molecule has 7 heteroatoms. The number of hydrogen-bond acceptors (Lipinski definition) is 5. The molecule has 1 aromatic carbocycles. The number of hydrogen-bond donors (Lipinski definition) is 2. The lowest BCUT2D eigenvalue weighted by molar-refractivity contribution is 0.0996. The minimum atomic E-state index is -0.549. The highest BCUT2D eigenvalue weighted by Gasteiger charge is 2.21. The van der Waals surface area contributed by atoms with Crippen LogP contribution in [0.5, 0.6) is 0 Å². The van der Waals surface area contributed by atoms with E-state index in [-0.39, 0.29) is 5.69 Å². The van der Waals surface area contributed by atoms with Crippen LogP contribution in [0, 0.1) is 0 Å². The summed E-state index contributed by atoms with van der Waals surface area (Å²) in [5, 5.41) is 13.6. The van der Waals surface area contributed by atoms with Crippen LogP contribution in [0.15, 0.2) is 30.3 Å². The molecule has 4 rings (SSSR count). The van der Waals surface area contributed by atoms with E-state index >= 15 is 0 Å². The molecular weight excluding hydrogens is 356 g/mol. The Labute approximate surface area is 154 Å². The second kappa shape index (κ2) is 6.71. The summed E-state index contributed by atoms with van der Waals surface area (Å²) in [7, 11) is 0. The van der Waals surface area contributed by atoms with E-state index in [2.05, 4.69) is 21.6 Å². The van der Waals surface area contributed by atoms with Gasteiger partial charge in [0.1, 0.15) is 0 Å². The molecule has 2 aromatic heterocycles. The number of primary amides is 1. The number of amides is 1. The van der Waals surface area contributed by atoms with Crippen LogP contribution in [0.25, 0.3) is 20.5 Å². The van der Waals surface area contributed by atoms with Crippen LogP contribution in [-0.2, 0) is 6.42 Å². The highest BCUT2D eigenvalue weighted by atomic mass is 35.5. The van der Waals surface area contributed by atoms with Gasteiger partial charge in [-0.15, -0.1) is 16.4 Å². The fraction of sp³-hybridized carbons (Fsp3) is 0.278. The van der Waals surface area contributed by atoms with Crippen LogP contribution < -0.4 is 11.1 Å². The van der Waals surface area contributed by atoms with E-state index in [1.165, 1.54) is 17.8 Å². The number of thiophene rings is 1. The third-order valence-electron chi connectivity index (χ3n) is 4.49. The van der Waals surface area contributed by atoms with Gasteiger partial charge in [0.2, 0.25) is 0 Å². The molecule has 1 atom stereocenters. The van der Waals surface area contributed by atoms with E-state index in [1.54, 1.807) is 0 Å². The molecule has 5 nitrogen and oxygen atoms in total. The monoisotopic (exact) mass is 372 g/mol. The maximum Gasteiger partial charge on any atom is 0.270 e. The standard InChI is InChI=1S/C18H17ClN4OS/c19-11-5-3-10(4-6-11)15-9-13-14(8-12-2-1-7-21-12)22-23-16(18(20)24)17(13)25-15/h3-6,9,12,21H,1-2,7-8H2,(H2,20,24). The average molecular weight is 373 g/mol. The number of aromatic nitrogens is 2. The summed E-state index contributed by atoms with van der Waals surface area (Å²) >= 11 is 7.50. The zero-order valence-electron chi connectivity index (χ0n) is 13.5. The Hall–Kier alpha value is -2.02. The lowest BCUT2D eigenvalue weighted by atomic mass is 10.1. The number of halogens is 1. The third kappa shape index (κ3) is 3.25. The maximum absolute atomic E-state index is 11.8. The molecule has 3 N–H and O–H groups in total. The second-order valence-electron chi connectivity index (χ2n) is 6.22. The third-order valence-corrected chi connectivity index (χ3v) is 5.94. The maximum atomic E-state index is 11.8. The predicted molar refractivity (Wildman–Crippen MR) is 101 cm³/mol. The minimum Gasteiger partial charge on any atom is -0.364 e. The molecule has 0 aliphatic carbocycles. The molecule has 1 saturated heterocycles. The Kier molecular flexibility index (Phi) is 4.41. The van der Waals surface area contributed by atoms with Crippen molar-refractivity contribution in [3.63, 3.8) is 0 Å². The highest BCUT2D eigenvalue weighted by molar-refractivity contribution is 7.22. The van der Waals surface area contributed by atoms with Crippen molar-refractivity contribution in [2.45, 2.75) is 25.3 Å². The van der Waals surface area contributed by atoms with Gasteiger partial charge < -0.3 is 11.1 Å². The van der Waals surface area contributed by atoms with Crippen molar-refractivity contribution in [3.8, 4) is 10.4 Å². The fourth-order valence-corrected chi connectivity index (χ4v) is 4.53. The van der Waals surface area contributed by atoms with Gasteiger partial charge in [-0.05, 0) is 43.1 Å². The van der Waals surface area contributed by atoms with Gasteiger partial charge >= 0.3 is 0 Å². The van der Waals surface area contributed by atoms with Gasteiger partial charge in [0, 0.05) is 27.7 Å². The first-order valence-corrected chi connectivity index (χ1v) is 9.39. The van der Waals surface area contributed by atoms with Crippen molar-refractivity contribution >= 4 is 38.9 Å². The number of carbonyl (C=O) groups is 1. The Morgan fingerprint density at radius 1 is 1.32 bits per heavy atom. The number of rotatable bonds is 4. The smallest absolute Gasteiger partial charge is 0.270 e. The number of nitrogens with zero attached hydrogens (tertiary/aromatic N) is 2. The summed E-state index contributed by atoms with van der Waals surface area (Å²) in [5.41, 5.74) is 7.70. The first kappa shape index (κ1) is 16.4. The molecular formula is C18H17ClN4OS. The zero-order valence-corrected chi connectivity index (χ0v) is 15.0. The zero-order chi connectivity index (χ0) is 17.4. The van der Waals surface area contributed by atoms with Gasteiger partial charge in [0.15, 0.2) is 5.69 Å². The number of nitrogens with one attached hydrogen (secondary N) is 1. The van der Waals surface area contributed by atoms with Crippen molar-refractivity contribution < 1.29 is 4.79 Å². The number of benzene rings is 1. The van der Waals surface area contributed by atoms with Crippen molar-refractivity contribution in [1.82, 2.24) is 15.5 Å². The van der Waals surface area contributed by atoms with Gasteiger partial charge in [0.05, 0.1) is 10.4 Å². The molecule has 0 saturated carbocycles. The second-order valence-corrected chi connectivity index (χ2v) is 7.71. The van der Waals surface area contributed by atoms with Crippen molar-refractivity contribution in [2.75, 3.05) is 6.54 Å². The molecule has 0 radical (unpaired) electrons. The fourth-order valence-electron chi connectivity index (χ4n) is 3.22. The quantitative estimate of drug-likeness (QED) is 0.735. The van der Waals surface area contributed by atoms with Gasteiger partial charge in [-0.3, -0.25) is 4.79 Å². The van der Waals surface area contributed by atoms with E-state index in [1.807, 2.05) is 24.3 Å². The summed E-state index contributed by atoms with van der Waals surface area (Å²) in [6.07, 6.45) is 3.12. The predicted octanol–water partition coefficient (Wildman–Crippen LogP) is 3.41. The Bertz CT molecular complexity index is 932. The minimum absolute atomic E-state index is 0.239. The Morgan fingerprint density at radius 3 is 2.80 bits per heavy atom. The molecule has 1 aliphatic rings. The van der Waals surface area contributed by atoms with Crippen LogP contribution >= 0.6 is 22.9 Å². The largest absolute Gasteiger partial charge is 0.364 e. The van der Waals surface area contributed by atoms with E-state index in [9.17, 15) is 4.79 Å². The molecule has 0 bridgehead atoms. The topological polar surface area (TPSA) is 80.9 Å². The highest BCUT2D eigenvalue weighted by Crippen LogP contribution is 2.36. The molecule has 128 valence electrons. The Morgan fingerprint density at radius 2 is 2.12 bits per heavy atom. The van der Waals surface area contributed by atoms with E-state index in [0.29, 0.717) is 11.1 Å². The summed E-state index contributed by atoms with van der Waals surface area (Å²) in [4.78, 5) is 12.8. The Balaban J connectivity index is 1.82. The lowest BCUT2D eigenvalue weighted by Crippen LogP contribution is -2.24. The molecule has 3 aromatic rings. The summed E-state index contributed by atoms with van der Waals surface area (Å²) < 4.78 is 0.806. The molecule has 1 unspecified atom stereocenters. The van der Waals surface area contributed by atoms with Crippen molar-refractivity contribution in [3.05, 3.63) is 46.7 Å². The van der Waals surface area contributed by atoms with E-state index in [0.717, 1.165) is 45.6 Å². The summed E-state index contributed by atoms with van der Waals surface area (Å²) in [6.45, 7) is 1.04. The SMILES string of the molecule is NC(=O)c1nnc(CC2CCCN2)c2cc(-c3ccc(Cl)cc3)sc12. The van der Waals surface area contributed by atoms with Gasteiger partial charge in [-0.25, -0.2) is 0 Å². The van der Waals surface area contributed by atoms with Crippen molar-refractivity contribution in [1.29, 1.82) is 0 Å². The van der Waals surface area contributed by atoms with Crippen LogP contribution in [0.3, 0.4) is 0 Å². The number of carbonyl (C=O) groups excluding carboxylic acids is 1. The van der Waals surface area contributed by atoms with Crippen LogP contribution in [0.2, 0.25) is 5.02 Å². The van der Waals surface area contributed by atoms with E-state index in [4.69, 9.17) is 17.3 Å².